The Hall–Kier alpha value is -1.14. The lowest BCUT2D eigenvalue weighted by Crippen LogP contribution is -2.32. The molecule has 2 aromatic heterocycles. The van der Waals surface area contributed by atoms with Crippen LogP contribution in [0.5, 0.6) is 0 Å². The number of nitrogens with zero attached hydrogens (tertiary/aromatic N) is 2. The van der Waals surface area contributed by atoms with Crippen LogP contribution in [0.2, 0.25) is 0 Å². The van der Waals surface area contributed by atoms with Gasteiger partial charge in [0.15, 0.2) is 0 Å². The number of hydrogen-bond acceptors (Lipinski definition) is 5. The summed E-state index contributed by atoms with van der Waals surface area (Å²) in [5.41, 5.74) is 1.42. The van der Waals surface area contributed by atoms with Crippen molar-refractivity contribution in [2.45, 2.75) is 55.3 Å². The van der Waals surface area contributed by atoms with Crippen molar-refractivity contribution in [3.63, 3.8) is 0 Å². The average molecular weight is 319 g/mol. The van der Waals surface area contributed by atoms with Crippen molar-refractivity contribution in [1.82, 2.24) is 15.3 Å². The predicted molar refractivity (Wildman–Crippen MR) is 85.9 cm³/mol. The number of fused-ring (bicyclic) bond motifs is 3. The first-order valence-corrected chi connectivity index (χ1v) is 9.14. The molecule has 0 radical (unpaired) electrons. The van der Waals surface area contributed by atoms with Crippen LogP contribution in [0.4, 0.5) is 0 Å². The van der Waals surface area contributed by atoms with E-state index in [1.165, 1.54) is 22.2 Å². The summed E-state index contributed by atoms with van der Waals surface area (Å²) < 4.78 is 0. The molecule has 2 aromatic rings. The number of aromatic nitrogens is 2. The van der Waals surface area contributed by atoms with Gasteiger partial charge in [-0.2, -0.15) is 0 Å². The molecule has 1 atom stereocenters. The van der Waals surface area contributed by atoms with E-state index in [0.29, 0.717) is 6.04 Å². The van der Waals surface area contributed by atoms with Crippen molar-refractivity contribution >= 4 is 39.2 Å². The molecule has 21 heavy (non-hydrogen) atoms. The zero-order valence-corrected chi connectivity index (χ0v) is 13.5. The van der Waals surface area contributed by atoms with Crippen molar-refractivity contribution in [2.75, 3.05) is 0 Å². The number of thioether (sulfide) groups is 1. The summed E-state index contributed by atoms with van der Waals surface area (Å²) in [5.74, 6) is 0.126. The van der Waals surface area contributed by atoms with E-state index in [9.17, 15) is 4.79 Å². The summed E-state index contributed by atoms with van der Waals surface area (Å²) in [6.45, 7) is 1.96. The van der Waals surface area contributed by atoms with Crippen molar-refractivity contribution in [2.24, 2.45) is 0 Å². The topological polar surface area (TPSA) is 54.9 Å². The summed E-state index contributed by atoms with van der Waals surface area (Å²) in [6, 6.07) is 0.413. The molecule has 1 amide bonds. The van der Waals surface area contributed by atoms with E-state index in [0.717, 1.165) is 35.5 Å². The standard InChI is InChI=1S/C15H17N3OS2/c1-8(13(19)18-9-5-6-9)20-14-12-10-3-2-4-11(10)21-15(12)17-7-16-14/h7-9H,2-6H2,1H3,(H,18,19)/t8-/m0/s1. The fourth-order valence-electron chi connectivity index (χ4n) is 2.76. The number of amides is 1. The van der Waals surface area contributed by atoms with E-state index in [2.05, 4.69) is 15.3 Å². The number of nitrogens with one attached hydrogen (secondary N) is 1. The van der Waals surface area contributed by atoms with Crippen molar-refractivity contribution in [3.05, 3.63) is 16.8 Å². The Morgan fingerprint density at radius 3 is 3.10 bits per heavy atom. The van der Waals surface area contributed by atoms with Gasteiger partial charge in [0.25, 0.3) is 0 Å². The van der Waals surface area contributed by atoms with Gasteiger partial charge in [0.1, 0.15) is 16.2 Å². The van der Waals surface area contributed by atoms with E-state index in [-0.39, 0.29) is 11.2 Å². The smallest absolute Gasteiger partial charge is 0.233 e. The van der Waals surface area contributed by atoms with Gasteiger partial charge >= 0.3 is 0 Å². The first-order valence-electron chi connectivity index (χ1n) is 7.44. The van der Waals surface area contributed by atoms with Gasteiger partial charge in [0.2, 0.25) is 5.91 Å². The van der Waals surface area contributed by atoms with Crippen LogP contribution in [0.25, 0.3) is 10.2 Å². The molecular weight excluding hydrogens is 302 g/mol. The second-order valence-electron chi connectivity index (χ2n) is 5.76. The molecule has 0 aliphatic heterocycles. The highest BCUT2D eigenvalue weighted by molar-refractivity contribution is 8.00. The van der Waals surface area contributed by atoms with Gasteiger partial charge < -0.3 is 5.32 Å². The van der Waals surface area contributed by atoms with E-state index in [1.807, 2.05) is 6.92 Å². The minimum atomic E-state index is -0.111. The molecule has 0 saturated heterocycles. The van der Waals surface area contributed by atoms with Crippen molar-refractivity contribution in [3.8, 4) is 0 Å². The fourth-order valence-corrected chi connectivity index (χ4v) is 5.01. The summed E-state index contributed by atoms with van der Waals surface area (Å²) in [7, 11) is 0. The van der Waals surface area contributed by atoms with Crippen LogP contribution >= 0.6 is 23.1 Å². The number of hydrogen-bond donors (Lipinski definition) is 1. The lowest BCUT2D eigenvalue weighted by Gasteiger charge is -2.11. The SMILES string of the molecule is C[C@H](Sc1ncnc2sc3c(c12)CCC3)C(=O)NC1CC1. The van der Waals surface area contributed by atoms with Crippen LogP contribution in [0.15, 0.2) is 11.4 Å². The Bertz CT molecular complexity index is 708. The molecule has 0 unspecified atom stereocenters. The van der Waals surface area contributed by atoms with E-state index >= 15 is 0 Å². The zero-order valence-electron chi connectivity index (χ0n) is 11.9. The van der Waals surface area contributed by atoms with Gasteiger partial charge in [-0.25, -0.2) is 9.97 Å². The number of rotatable bonds is 4. The summed E-state index contributed by atoms with van der Waals surface area (Å²) >= 11 is 3.36. The molecule has 1 N–H and O–H groups in total. The van der Waals surface area contributed by atoms with Crippen molar-refractivity contribution < 1.29 is 4.79 Å². The lowest BCUT2D eigenvalue weighted by atomic mass is 10.2. The molecule has 0 aromatic carbocycles. The normalized spacial score (nSPS) is 18.7. The molecule has 2 aliphatic rings. The fraction of sp³-hybridized carbons (Fsp3) is 0.533. The molecule has 1 saturated carbocycles. The highest BCUT2D eigenvalue weighted by atomic mass is 32.2. The number of aryl methyl sites for hydroxylation is 2. The maximum absolute atomic E-state index is 12.1. The van der Waals surface area contributed by atoms with E-state index < -0.39 is 0 Å². The lowest BCUT2D eigenvalue weighted by molar-refractivity contribution is -0.120. The minimum absolute atomic E-state index is 0.111. The molecule has 0 bridgehead atoms. The molecule has 1 fully saturated rings. The van der Waals surface area contributed by atoms with Gasteiger partial charge in [0.05, 0.1) is 5.25 Å². The highest BCUT2D eigenvalue weighted by Crippen LogP contribution is 2.40. The molecule has 110 valence electrons. The number of carbonyl (C=O) groups is 1. The zero-order chi connectivity index (χ0) is 14.4. The maximum atomic E-state index is 12.1. The number of carbonyl (C=O) groups excluding carboxylic acids is 1. The first kappa shape index (κ1) is 13.5. The molecular formula is C15H17N3OS2. The van der Waals surface area contributed by atoms with Gasteiger partial charge in [-0.15, -0.1) is 11.3 Å². The minimum Gasteiger partial charge on any atom is -0.352 e. The molecule has 2 heterocycles. The largest absolute Gasteiger partial charge is 0.352 e. The van der Waals surface area contributed by atoms with E-state index in [1.54, 1.807) is 29.4 Å². The second-order valence-corrected chi connectivity index (χ2v) is 8.17. The molecule has 4 rings (SSSR count). The average Bonchev–Trinajstić information content (AvgIpc) is 3.03. The van der Waals surface area contributed by atoms with Gasteiger partial charge in [0, 0.05) is 16.3 Å². The third-order valence-electron chi connectivity index (χ3n) is 4.05. The van der Waals surface area contributed by atoms with Crippen LogP contribution in [-0.4, -0.2) is 27.2 Å². The van der Waals surface area contributed by atoms with Crippen molar-refractivity contribution in [1.29, 1.82) is 0 Å². The molecule has 4 nitrogen and oxygen atoms in total. The summed E-state index contributed by atoms with van der Waals surface area (Å²) in [6.07, 6.45) is 7.39. The third-order valence-corrected chi connectivity index (χ3v) is 6.35. The Labute approximate surface area is 131 Å². The quantitative estimate of drug-likeness (QED) is 0.695. The Morgan fingerprint density at radius 1 is 1.43 bits per heavy atom. The number of thiophene rings is 1. The van der Waals surface area contributed by atoms with Crippen LogP contribution in [-0.2, 0) is 17.6 Å². The predicted octanol–water partition coefficient (Wildman–Crippen LogP) is 2.94. The van der Waals surface area contributed by atoms with Crippen LogP contribution < -0.4 is 5.32 Å². The van der Waals surface area contributed by atoms with Crippen LogP contribution in [0.1, 0.15) is 36.6 Å². The second kappa shape index (κ2) is 5.25. The highest BCUT2D eigenvalue weighted by Gasteiger charge is 2.27. The Balaban J connectivity index is 1.62. The van der Waals surface area contributed by atoms with Gasteiger partial charge in [-0.3, -0.25) is 4.79 Å². The van der Waals surface area contributed by atoms with Gasteiger partial charge in [-0.05, 0) is 44.6 Å². The Morgan fingerprint density at radius 2 is 2.29 bits per heavy atom. The van der Waals surface area contributed by atoms with Crippen LogP contribution in [0, 0.1) is 0 Å². The first-order chi connectivity index (χ1) is 10.2. The molecule has 6 heteroatoms. The van der Waals surface area contributed by atoms with Crippen LogP contribution in [0.3, 0.4) is 0 Å². The third kappa shape index (κ3) is 2.55. The molecule has 0 spiro atoms. The Kier molecular flexibility index (Phi) is 3.38. The summed E-state index contributed by atoms with van der Waals surface area (Å²) in [5, 5.41) is 5.13. The van der Waals surface area contributed by atoms with Gasteiger partial charge in [-0.1, -0.05) is 11.8 Å². The van der Waals surface area contributed by atoms with E-state index in [4.69, 9.17) is 0 Å². The summed E-state index contributed by atoms with van der Waals surface area (Å²) in [4.78, 5) is 23.5. The maximum Gasteiger partial charge on any atom is 0.233 e. The molecule has 2 aliphatic carbocycles. The monoisotopic (exact) mass is 319 g/mol.